The number of carboxylic acids is 1. The Bertz CT molecular complexity index is 273. The van der Waals surface area contributed by atoms with Crippen LogP contribution in [-0.4, -0.2) is 46.1 Å². The molecule has 0 aromatic rings. The van der Waals surface area contributed by atoms with Crippen molar-refractivity contribution >= 4 is 23.6 Å². The van der Waals surface area contributed by atoms with E-state index in [0.717, 1.165) is 25.7 Å². The highest BCUT2D eigenvalue weighted by Crippen LogP contribution is 2.22. The summed E-state index contributed by atoms with van der Waals surface area (Å²) in [6.07, 6.45) is 4.30. The van der Waals surface area contributed by atoms with Gasteiger partial charge in [-0.3, -0.25) is 4.79 Å². The first-order chi connectivity index (χ1) is 8.16. The molecule has 0 aromatic heterocycles. The summed E-state index contributed by atoms with van der Waals surface area (Å²) in [5.74, 6) is 0.0916. The minimum absolute atomic E-state index is 0.0323. The first-order valence-corrected chi connectivity index (χ1v) is 7.12. The molecule has 1 atom stereocenters. The fraction of sp³-hybridized carbons (Fsp3) is 0.818. The van der Waals surface area contributed by atoms with Gasteiger partial charge in [0.2, 0.25) is 5.91 Å². The first-order valence-electron chi connectivity index (χ1n) is 5.97. The molecule has 1 unspecified atom stereocenters. The van der Waals surface area contributed by atoms with Crippen LogP contribution in [-0.2, 0) is 9.59 Å². The molecule has 98 valence electrons. The predicted octanol–water partition coefficient (Wildman–Crippen LogP) is 0.882. The minimum Gasteiger partial charge on any atom is -0.480 e. The number of aliphatic carboxylic acids is 1. The molecule has 1 amide bonds. The molecule has 5 nitrogen and oxygen atoms in total. The van der Waals surface area contributed by atoms with Gasteiger partial charge in [-0.05, 0) is 19.4 Å². The molecule has 1 saturated heterocycles. The van der Waals surface area contributed by atoms with Crippen molar-refractivity contribution in [3.05, 3.63) is 0 Å². The SMILES string of the molecule is NCCCCCCC(=O)N1CSCC1C(=O)O. The maximum atomic E-state index is 11.8. The van der Waals surface area contributed by atoms with Crippen molar-refractivity contribution in [3.63, 3.8) is 0 Å². The van der Waals surface area contributed by atoms with E-state index in [1.807, 2.05) is 0 Å². The van der Waals surface area contributed by atoms with Crippen molar-refractivity contribution in [2.75, 3.05) is 18.2 Å². The van der Waals surface area contributed by atoms with E-state index < -0.39 is 12.0 Å². The second-order valence-electron chi connectivity index (χ2n) is 4.17. The number of nitrogens with zero attached hydrogens (tertiary/aromatic N) is 1. The Morgan fingerprint density at radius 1 is 1.29 bits per heavy atom. The third kappa shape index (κ3) is 4.55. The lowest BCUT2D eigenvalue weighted by molar-refractivity contribution is -0.147. The molecule has 1 heterocycles. The highest BCUT2D eigenvalue weighted by atomic mass is 32.2. The highest BCUT2D eigenvalue weighted by Gasteiger charge is 2.33. The molecule has 1 fully saturated rings. The third-order valence-electron chi connectivity index (χ3n) is 2.83. The quantitative estimate of drug-likeness (QED) is 0.664. The molecule has 0 radical (unpaired) electrons. The number of hydrogen-bond donors (Lipinski definition) is 2. The lowest BCUT2D eigenvalue weighted by atomic mass is 10.1. The number of carbonyl (C=O) groups excluding carboxylic acids is 1. The Labute approximate surface area is 106 Å². The van der Waals surface area contributed by atoms with Gasteiger partial charge in [-0.2, -0.15) is 0 Å². The second-order valence-corrected chi connectivity index (χ2v) is 5.17. The molecule has 3 N–H and O–H groups in total. The van der Waals surface area contributed by atoms with E-state index in [-0.39, 0.29) is 5.91 Å². The normalized spacial score (nSPS) is 19.6. The van der Waals surface area contributed by atoms with Crippen LogP contribution in [0.4, 0.5) is 0 Å². The predicted molar refractivity (Wildman–Crippen MR) is 67.7 cm³/mol. The van der Waals surface area contributed by atoms with Gasteiger partial charge >= 0.3 is 5.97 Å². The van der Waals surface area contributed by atoms with Gasteiger partial charge in [0, 0.05) is 12.2 Å². The maximum Gasteiger partial charge on any atom is 0.327 e. The molecule has 6 heteroatoms. The number of rotatable bonds is 7. The number of unbranched alkanes of at least 4 members (excludes halogenated alkanes) is 3. The number of thioether (sulfide) groups is 1. The van der Waals surface area contributed by atoms with Gasteiger partial charge in [-0.15, -0.1) is 11.8 Å². The average molecular weight is 260 g/mol. The molecule has 0 spiro atoms. The highest BCUT2D eigenvalue weighted by molar-refractivity contribution is 7.99. The Hall–Kier alpha value is -0.750. The van der Waals surface area contributed by atoms with Gasteiger partial charge in [0.25, 0.3) is 0 Å². The van der Waals surface area contributed by atoms with Crippen LogP contribution in [0.1, 0.15) is 32.1 Å². The number of nitrogens with two attached hydrogens (primary N) is 1. The Kier molecular flexibility index (Phi) is 6.36. The Balaban J connectivity index is 2.25. The lowest BCUT2D eigenvalue weighted by Crippen LogP contribution is -2.41. The van der Waals surface area contributed by atoms with E-state index in [1.54, 1.807) is 0 Å². The summed E-state index contributed by atoms with van der Waals surface area (Å²) in [7, 11) is 0. The van der Waals surface area contributed by atoms with E-state index in [9.17, 15) is 9.59 Å². The number of carboxylic acid groups (broad SMARTS) is 1. The van der Waals surface area contributed by atoms with Gasteiger partial charge in [0.05, 0.1) is 5.88 Å². The van der Waals surface area contributed by atoms with Gasteiger partial charge in [-0.25, -0.2) is 4.79 Å². The standard InChI is InChI=1S/C11H20N2O3S/c12-6-4-2-1-3-5-10(14)13-8-17-7-9(13)11(15)16/h9H,1-8,12H2,(H,15,16). The summed E-state index contributed by atoms with van der Waals surface area (Å²) in [6.45, 7) is 0.692. The summed E-state index contributed by atoms with van der Waals surface area (Å²) in [5.41, 5.74) is 5.38. The van der Waals surface area contributed by atoms with E-state index in [0.29, 0.717) is 24.6 Å². The molecule has 1 aliphatic rings. The molecule has 1 rings (SSSR count). The monoisotopic (exact) mass is 260 g/mol. The number of amides is 1. The zero-order valence-electron chi connectivity index (χ0n) is 9.93. The summed E-state index contributed by atoms with van der Waals surface area (Å²) in [5, 5.41) is 8.95. The van der Waals surface area contributed by atoms with Crippen molar-refractivity contribution in [1.29, 1.82) is 0 Å². The van der Waals surface area contributed by atoms with E-state index in [2.05, 4.69) is 0 Å². The molecule has 0 bridgehead atoms. The molecular formula is C11H20N2O3S. The van der Waals surface area contributed by atoms with Gasteiger partial charge < -0.3 is 15.7 Å². The zero-order valence-corrected chi connectivity index (χ0v) is 10.7. The van der Waals surface area contributed by atoms with E-state index >= 15 is 0 Å². The van der Waals surface area contributed by atoms with Crippen LogP contribution in [0.25, 0.3) is 0 Å². The number of hydrogen-bond acceptors (Lipinski definition) is 4. The van der Waals surface area contributed by atoms with Crippen molar-refractivity contribution in [3.8, 4) is 0 Å². The van der Waals surface area contributed by atoms with Crippen LogP contribution in [0.2, 0.25) is 0 Å². The molecule has 17 heavy (non-hydrogen) atoms. The third-order valence-corrected chi connectivity index (χ3v) is 3.84. The largest absolute Gasteiger partial charge is 0.480 e. The molecule has 1 aliphatic heterocycles. The molecular weight excluding hydrogens is 240 g/mol. The van der Waals surface area contributed by atoms with Crippen LogP contribution in [0, 0.1) is 0 Å². The van der Waals surface area contributed by atoms with Gasteiger partial charge in [-0.1, -0.05) is 12.8 Å². The fourth-order valence-electron chi connectivity index (χ4n) is 1.81. The zero-order chi connectivity index (χ0) is 12.7. The fourth-order valence-corrected chi connectivity index (χ4v) is 2.98. The van der Waals surface area contributed by atoms with Crippen molar-refractivity contribution in [1.82, 2.24) is 4.90 Å². The lowest BCUT2D eigenvalue weighted by Gasteiger charge is -2.20. The summed E-state index contributed by atoms with van der Waals surface area (Å²) >= 11 is 1.50. The minimum atomic E-state index is -0.897. The summed E-state index contributed by atoms with van der Waals surface area (Å²) in [4.78, 5) is 24.2. The van der Waals surface area contributed by atoms with E-state index in [4.69, 9.17) is 10.8 Å². The number of carbonyl (C=O) groups is 2. The molecule has 0 aliphatic carbocycles. The second kappa shape index (κ2) is 7.55. The maximum absolute atomic E-state index is 11.8. The van der Waals surface area contributed by atoms with Crippen LogP contribution < -0.4 is 5.73 Å². The van der Waals surface area contributed by atoms with Crippen molar-refractivity contribution in [2.24, 2.45) is 5.73 Å². The Morgan fingerprint density at radius 3 is 2.65 bits per heavy atom. The van der Waals surface area contributed by atoms with Crippen molar-refractivity contribution in [2.45, 2.75) is 38.1 Å². The molecule has 0 saturated carbocycles. The first kappa shape index (κ1) is 14.3. The van der Waals surface area contributed by atoms with Crippen molar-refractivity contribution < 1.29 is 14.7 Å². The molecule has 0 aromatic carbocycles. The van der Waals surface area contributed by atoms with Gasteiger partial charge in [0.15, 0.2) is 0 Å². The average Bonchev–Trinajstić information content (AvgIpc) is 2.77. The van der Waals surface area contributed by atoms with Crippen LogP contribution in [0.3, 0.4) is 0 Å². The smallest absolute Gasteiger partial charge is 0.327 e. The van der Waals surface area contributed by atoms with Crippen LogP contribution >= 0.6 is 11.8 Å². The van der Waals surface area contributed by atoms with E-state index in [1.165, 1.54) is 16.7 Å². The van der Waals surface area contributed by atoms with Crippen LogP contribution in [0.5, 0.6) is 0 Å². The van der Waals surface area contributed by atoms with Crippen LogP contribution in [0.15, 0.2) is 0 Å². The summed E-state index contributed by atoms with van der Waals surface area (Å²) < 4.78 is 0. The Morgan fingerprint density at radius 2 is 2.00 bits per heavy atom. The summed E-state index contributed by atoms with van der Waals surface area (Å²) in [6, 6.07) is -0.628. The topological polar surface area (TPSA) is 83.6 Å². The van der Waals surface area contributed by atoms with Gasteiger partial charge in [0.1, 0.15) is 6.04 Å².